The van der Waals surface area contributed by atoms with Crippen LogP contribution in [-0.4, -0.2) is 42.4 Å². The number of likely N-dealkylation sites (tertiary alicyclic amines) is 1. The lowest BCUT2D eigenvalue weighted by atomic mass is 9.87. The Bertz CT molecular complexity index is 654. The molecule has 0 aromatic heterocycles. The van der Waals surface area contributed by atoms with Crippen molar-refractivity contribution in [1.29, 1.82) is 0 Å². The number of carbonyl (C=O) groups is 2. The van der Waals surface area contributed by atoms with Gasteiger partial charge in [0.25, 0.3) is 5.91 Å². The molecule has 2 fully saturated rings. The summed E-state index contributed by atoms with van der Waals surface area (Å²) in [7, 11) is 0. The highest BCUT2D eigenvalue weighted by Gasteiger charge is 2.42. The number of nitrogens with two attached hydrogens (primary N) is 1. The standard InChI is InChI=1S/C20H29N3O2.ClH/c1-20(2,3)15-7-4-13(5-8-15)19(25)22-10-18(24)23-11-14-6-9-17(21)16(14)12-23;/h4-5,7-8,14,16-17H,6,9-12,21H2,1-3H3,(H,22,25);1H. The Hall–Kier alpha value is -1.59. The van der Waals surface area contributed by atoms with Gasteiger partial charge in [0.15, 0.2) is 0 Å². The van der Waals surface area contributed by atoms with E-state index in [1.54, 1.807) is 0 Å². The van der Waals surface area contributed by atoms with E-state index in [0.29, 0.717) is 17.4 Å². The molecule has 2 amide bonds. The number of halogens is 1. The van der Waals surface area contributed by atoms with Crippen molar-refractivity contribution in [1.82, 2.24) is 10.2 Å². The molecule has 1 saturated carbocycles. The molecule has 3 N–H and O–H groups in total. The van der Waals surface area contributed by atoms with Crippen LogP contribution >= 0.6 is 12.4 Å². The fraction of sp³-hybridized carbons (Fsp3) is 0.600. The molecule has 6 heteroatoms. The van der Waals surface area contributed by atoms with Gasteiger partial charge in [-0.1, -0.05) is 32.9 Å². The van der Waals surface area contributed by atoms with E-state index in [0.717, 1.165) is 25.9 Å². The first-order valence-electron chi connectivity index (χ1n) is 9.18. The van der Waals surface area contributed by atoms with Crippen LogP contribution in [0.25, 0.3) is 0 Å². The third-order valence-corrected chi connectivity index (χ3v) is 5.68. The van der Waals surface area contributed by atoms with Gasteiger partial charge in [0.2, 0.25) is 5.91 Å². The summed E-state index contributed by atoms with van der Waals surface area (Å²) in [6, 6.07) is 7.80. The highest BCUT2D eigenvalue weighted by atomic mass is 35.5. The van der Waals surface area contributed by atoms with Crippen LogP contribution in [0.2, 0.25) is 0 Å². The van der Waals surface area contributed by atoms with Crippen molar-refractivity contribution < 1.29 is 9.59 Å². The van der Waals surface area contributed by atoms with E-state index in [2.05, 4.69) is 26.1 Å². The fourth-order valence-corrected chi connectivity index (χ4v) is 4.00. The van der Waals surface area contributed by atoms with Crippen molar-refractivity contribution in [3.63, 3.8) is 0 Å². The van der Waals surface area contributed by atoms with E-state index in [-0.39, 0.29) is 42.2 Å². The molecule has 3 rings (SSSR count). The lowest BCUT2D eigenvalue weighted by Gasteiger charge is -2.20. The van der Waals surface area contributed by atoms with E-state index in [4.69, 9.17) is 5.73 Å². The normalized spacial score (nSPS) is 24.8. The number of nitrogens with one attached hydrogen (secondary N) is 1. The summed E-state index contributed by atoms with van der Waals surface area (Å²) in [6.45, 7) is 7.98. The molecule has 5 nitrogen and oxygen atoms in total. The Morgan fingerprint density at radius 2 is 1.81 bits per heavy atom. The number of hydrogen-bond acceptors (Lipinski definition) is 3. The summed E-state index contributed by atoms with van der Waals surface area (Å²) in [4.78, 5) is 26.5. The van der Waals surface area contributed by atoms with Crippen LogP contribution in [0.1, 0.15) is 49.5 Å². The number of carbonyl (C=O) groups excluding carboxylic acids is 2. The molecule has 0 bridgehead atoms. The third-order valence-electron chi connectivity index (χ3n) is 5.68. The number of nitrogens with zero attached hydrogens (tertiary/aromatic N) is 1. The van der Waals surface area contributed by atoms with Crippen LogP contribution in [-0.2, 0) is 10.2 Å². The molecule has 0 spiro atoms. The Morgan fingerprint density at radius 1 is 1.15 bits per heavy atom. The second kappa shape index (κ2) is 7.97. The first-order chi connectivity index (χ1) is 11.8. The number of hydrogen-bond donors (Lipinski definition) is 2. The van der Waals surface area contributed by atoms with Gasteiger partial charge in [0, 0.05) is 24.7 Å². The van der Waals surface area contributed by atoms with Crippen molar-refractivity contribution in [2.24, 2.45) is 17.6 Å². The average molecular weight is 380 g/mol. The number of rotatable bonds is 3. The zero-order valence-electron chi connectivity index (χ0n) is 15.8. The highest BCUT2D eigenvalue weighted by Crippen LogP contribution is 2.37. The molecule has 1 aromatic rings. The van der Waals surface area contributed by atoms with Gasteiger partial charge in [-0.25, -0.2) is 0 Å². The Kier molecular flexibility index (Phi) is 6.35. The predicted molar refractivity (Wildman–Crippen MR) is 105 cm³/mol. The Morgan fingerprint density at radius 3 is 2.38 bits per heavy atom. The molecule has 1 aromatic carbocycles. The van der Waals surface area contributed by atoms with Crippen LogP contribution in [0, 0.1) is 11.8 Å². The van der Waals surface area contributed by atoms with Gasteiger partial charge < -0.3 is 16.0 Å². The summed E-state index contributed by atoms with van der Waals surface area (Å²) in [5, 5.41) is 2.75. The largest absolute Gasteiger partial charge is 0.343 e. The molecule has 2 aliphatic rings. The van der Waals surface area contributed by atoms with Gasteiger partial charge in [-0.05, 0) is 47.8 Å². The maximum absolute atomic E-state index is 12.4. The highest BCUT2D eigenvalue weighted by molar-refractivity contribution is 5.96. The van der Waals surface area contributed by atoms with Crippen LogP contribution < -0.4 is 11.1 Å². The van der Waals surface area contributed by atoms with Crippen LogP contribution in [0.3, 0.4) is 0 Å². The van der Waals surface area contributed by atoms with Crippen molar-refractivity contribution in [3.8, 4) is 0 Å². The molecule has 3 unspecified atom stereocenters. The molecule has 1 aliphatic carbocycles. The molecule has 3 atom stereocenters. The number of benzene rings is 1. The molecule has 144 valence electrons. The maximum Gasteiger partial charge on any atom is 0.251 e. The summed E-state index contributed by atoms with van der Waals surface area (Å²) in [5.74, 6) is 0.760. The Labute approximate surface area is 162 Å². The molecular weight excluding hydrogens is 350 g/mol. The minimum absolute atomic E-state index is 0. The molecule has 0 radical (unpaired) electrons. The predicted octanol–water partition coefficient (Wildman–Crippen LogP) is 2.33. The Balaban J connectivity index is 0.00000243. The number of fused-ring (bicyclic) bond motifs is 1. The quantitative estimate of drug-likeness (QED) is 0.846. The van der Waals surface area contributed by atoms with Gasteiger partial charge >= 0.3 is 0 Å². The van der Waals surface area contributed by atoms with E-state index < -0.39 is 0 Å². The zero-order valence-corrected chi connectivity index (χ0v) is 16.6. The molecule has 1 heterocycles. The van der Waals surface area contributed by atoms with Crippen molar-refractivity contribution in [3.05, 3.63) is 35.4 Å². The van der Waals surface area contributed by atoms with E-state index in [9.17, 15) is 9.59 Å². The second-order valence-electron chi connectivity index (χ2n) is 8.47. The van der Waals surface area contributed by atoms with E-state index in [1.165, 1.54) is 5.56 Å². The maximum atomic E-state index is 12.4. The minimum atomic E-state index is -0.204. The van der Waals surface area contributed by atoms with Crippen LogP contribution in [0.5, 0.6) is 0 Å². The van der Waals surface area contributed by atoms with Gasteiger partial charge in [-0.3, -0.25) is 9.59 Å². The first kappa shape index (κ1) is 20.7. The summed E-state index contributed by atoms with van der Waals surface area (Å²) in [6.07, 6.45) is 2.18. The zero-order chi connectivity index (χ0) is 18.2. The summed E-state index contributed by atoms with van der Waals surface area (Å²) >= 11 is 0. The smallest absolute Gasteiger partial charge is 0.251 e. The van der Waals surface area contributed by atoms with Gasteiger partial charge in [0.1, 0.15) is 0 Å². The lowest BCUT2D eigenvalue weighted by molar-refractivity contribution is -0.129. The van der Waals surface area contributed by atoms with Crippen molar-refractivity contribution in [2.45, 2.75) is 45.1 Å². The van der Waals surface area contributed by atoms with Crippen molar-refractivity contribution >= 4 is 24.2 Å². The average Bonchev–Trinajstić information content (AvgIpc) is 3.14. The molecule has 26 heavy (non-hydrogen) atoms. The van der Waals surface area contributed by atoms with E-state index >= 15 is 0 Å². The molecular formula is C20H30ClN3O2. The van der Waals surface area contributed by atoms with Crippen molar-refractivity contribution in [2.75, 3.05) is 19.6 Å². The topological polar surface area (TPSA) is 75.4 Å². The first-order valence-corrected chi connectivity index (χ1v) is 9.18. The molecule has 1 aliphatic heterocycles. The summed E-state index contributed by atoms with van der Waals surface area (Å²) < 4.78 is 0. The second-order valence-corrected chi connectivity index (χ2v) is 8.47. The van der Waals surface area contributed by atoms with Gasteiger partial charge in [-0.15, -0.1) is 12.4 Å². The molecule has 1 saturated heterocycles. The van der Waals surface area contributed by atoms with Crippen LogP contribution in [0.4, 0.5) is 0 Å². The third kappa shape index (κ3) is 4.38. The van der Waals surface area contributed by atoms with Gasteiger partial charge in [0.05, 0.1) is 6.54 Å². The minimum Gasteiger partial charge on any atom is -0.343 e. The fourth-order valence-electron chi connectivity index (χ4n) is 4.00. The van der Waals surface area contributed by atoms with E-state index in [1.807, 2.05) is 29.2 Å². The van der Waals surface area contributed by atoms with Crippen LogP contribution in [0.15, 0.2) is 24.3 Å². The SMILES string of the molecule is CC(C)(C)c1ccc(C(=O)NCC(=O)N2CC3CCC(N)C3C2)cc1.Cl. The lowest BCUT2D eigenvalue weighted by Crippen LogP contribution is -2.40. The number of amides is 2. The van der Waals surface area contributed by atoms with Gasteiger partial charge in [-0.2, -0.15) is 0 Å². The monoisotopic (exact) mass is 379 g/mol. The summed E-state index contributed by atoms with van der Waals surface area (Å²) in [5.41, 5.74) is 7.94.